The summed E-state index contributed by atoms with van der Waals surface area (Å²) in [5.74, 6) is 1.42. The van der Waals surface area contributed by atoms with Gasteiger partial charge in [-0.3, -0.25) is 9.59 Å². The number of rotatable bonds is 7. The van der Waals surface area contributed by atoms with E-state index in [0.29, 0.717) is 50.0 Å². The second-order valence-electron chi connectivity index (χ2n) is 8.03. The number of benzene rings is 1. The summed E-state index contributed by atoms with van der Waals surface area (Å²) in [4.78, 5) is 27.4. The van der Waals surface area contributed by atoms with Crippen LogP contribution in [0.5, 0.6) is 11.5 Å². The average molecular weight is 404 g/mol. The number of nitrogens with zero attached hydrogens (tertiary/aromatic N) is 1. The topological polar surface area (TPSA) is 65.1 Å². The molecular formula is C23H33NO5. The van der Waals surface area contributed by atoms with Gasteiger partial charge in [-0.1, -0.05) is 31.4 Å². The Hall–Kier alpha value is -2.24. The first-order valence-electron chi connectivity index (χ1n) is 10.8. The van der Waals surface area contributed by atoms with Crippen LogP contribution in [0.15, 0.2) is 24.3 Å². The summed E-state index contributed by atoms with van der Waals surface area (Å²) in [5, 5.41) is 0. The third kappa shape index (κ3) is 4.85. The van der Waals surface area contributed by atoms with Gasteiger partial charge in [0.25, 0.3) is 5.91 Å². The zero-order valence-electron chi connectivity index (χ0n) is 17.7. The van der Waals surface area contributed by atoms with Crippen LogP contribution in [0, 0.1) is 11.3 Å². The van der Waals surface area contributed by atoms with Crippen LogP contribution in [-0.4, -0.2) is 50.2 Å². The van der Waals surface area contributed by atoms with Crippen LogP contribution in [0.3, 0.4) is 0 Å². The van der Waals surface area contributed by atoms with Gasteiger partial charge < -0.3 is 19.1 Å². The van der Waals surface area contributed by atoms with Gasteiger partial charge in [0.15, 0.2) is 18.1 Å². The maximum absolute atomic E-state index is 12.9. The maximum Gasteiger partial charge on any atom is 0.312 e. The molecule has 2 fully saturated rings. The summed E-state index contributed by atoms with van der Waals surface area (Å²) >= 11 is 0. The highest BCUT2D eigenvalue weighted by atomic mass is 16.5. The van der Waals surface area contributed by atoms with Crippen molar-refractivity contribution in [2.24, 2.45) is 11.3 Å². The minimum atomic E-state index is -0.434. The van der Waals surface area contributed by atoms with Gasteiger partial charge in [0.1, 0.15) is 0 Å². The van der Waals surface area contributed by atoms with E-state index in [-0.39, 0.29) is 18.5 Å². The molecule has 160 valence electrons. The Morgan fingerprint density at radius 2 is 1.72 bits per heavy atom. The molecule has 0 N–H and O–H groups in total. The van der Waals surface area contributed by atoms with Crippen molar-refractivity contribution in [2.45, 2.75) is 51.9 Å². The highest BCUT2D eigenvalue weighted by Gasteiger charge is 2.49. The largest absolute Gasteiger partial charge is 0.493 e. The van der Waals surface area contributed by atoms with Crippen molar-refractivity contribution >= 4 is 11.9 Å². The average Bonchev–Trinajstić information content (AvgIpc) is 2.78. The van der Waals surface area contributed by atoms with Crippen LogP contribution in [0.2, 0.25) is 0 Å². The second kappa shape index (κ2) is 9.99. The first-order valence-corrected chi connectivity index (χ1v) is 10.8. The van der Waals surface area contributed by atoms with Gasteiger partial charge in [-0.05, 0) is 50.7 Å². The van der Waals surface area contributed by atoms with Crippen molar-refractivity contribution in [1.29, 1.82) is 0 Å². The molecule has 1 saturated carbocycles. The van der Waals surface area contributed by atoms with Crippen LogP contribution in [0.25, 0.3) is 0 Å². The van der Waals surface area contributed by atoms with Gasteiger partial charge >= 0.3 is 5.97 Å². The molecule has 6 nitrogen and oxygen atoms in total. The molecule has 1 aliphatic heterocycles. The van der Waals surface area contributed by atoms with E-state index in [1.807, 2.05) is 24.0 Å². The molecule has 6 heteroatoms. The quantitative estimate of drug-likeness (QED) is 0.648. The van der Waals surface area contributed by atoms with Crippen LogP contribution in [-0.2, 0) is 14.3 Å². The first kappa shape index (κ1) is 21.5. The lowest BCUT2D eigenvalue weighted by atomic mass is 9.63. The van der Waals surface area contributed by atoms with Crippen molar-refractivity contribution < 1.29 is 23.8 Å². The zero-order chi connectivity index (χ0) is 20.7. The highest BCUT2D eigenvalue weighted by Crippen LogP contribution is 2.46. The van der Waals surface area contributed by atoms with Gasteiger partial charge in [0.2, 0.25) is 0 Å². The molecule has 2 aliphatic rings. The van der Waals surface area contributed by atoms with Crippen molar-refractivity contribution in [3.8, 4) is 11.5 Å². The molecule has 1 aliphatic carbocycles. The number of likely N-dealkylation sites (tertiary alicyclic amines) is 1. The van der Waals surface area contributed by atoms with E-state index in [2.05, 4.69) is 0 Å². The van der Waals surface area contributed by atoms with E-state index in [4.69, 9.17) is 14.2 Å². The number of carbonyl (C=O) groups excluding carboxylic acids is 2. The van der Waals surface area contributed by atoms with E-state index in [1.54, 1.807) is 19.2 Å². The van der Waals surface area contributed by atoms with E-state index < -0.39 is 5.41 Å². The number of hydrogen-bond acceptors (Lipinski definition) is 5. The van der Waals surface area contributed by atoms with Gasteiger partial charge in [-0.15, -0.1) is 0 Å². The third-order valence-corrected chi connectivity index (χ3v) is 6.50. The molecule has 0 spiro atoms. The number of esters is 1. The summed E-state index contributed by atoms with van der Waals surface area (Å²) in [7, 11) is 1.58. The van der Waals surface area contributed by atoms with Crippen molar-refractivity contribution in [1.82, 2.24) is 4.90 Å². The Labute approximate surface area is 173 Å². The number of piperidine rings is 1. The Bertz CT molecular complexity index is 690. The molecule has 1 amide bonds. The number of para-hydroxylation sites is 2. The summed E-state index contributed by atoms with van der Waals surface area (Å²) < 4.78 is 16.4. The van der Waals surface area contributed by atoms with Gasteiger partial charge in [-0.25, -0.2) is 0 Å². The molecule has 1 saturated heterocycles. The Kier molecular flexibility index (Phi) is 7.40. The number of amides is 1. The molecule has 0 bridgehead atoms. The van der Waals surface area contributed by atoms with Crippen molar-refractivity contribution in [3.05, 3.63) is 24.3 Å². The Morgan fingerprint density at radius 3 is 2.34 bits per heavy atom. The minimum Gasteiger partial charge on any atom is -0.493 e. The summed E-state index contributed by atoms with van der Waals surface area (Å²) in [6.07, 6.45) is 7.14. The molecule has 0 unspecified atom stereocenters. The first-order chi connectivity index (χ1) is 14.1. The molecule has 1 heterocycles. The van der Waals surface area contributed by atoms with Crippen LogP contribution in [0.4, 0.5) is 0 Å². The molecule has 29 heavy (non-hydrogen) atoms. The smallest absolute Gasteiger partial charge is 0.312 e. The fourth-order valence-corrected chi connectivity index (χ4v) is 4.83. The summed E-state index contributed by atoms with van der Waals surface area (Å²) in [6.45, 7) is 3.38. The van der Waals surface area contributed by atoms with Crippen molar-refractivity contribution in [3.63, 3.8) is 0 Å². The van der Waals surface area contributed by atoms with Crippen LogP contribution in [0.1, 0.15) is 51.9 Å². The van der Waals surface area contributed by atoms with Crippen LogP contribution >= 0.6 is 0 Å². The molecular weight excluding hydrogens is 370 g/mol. The molecule has 1 aromatic rings. The second-order valence-corrected chi connectivity index (χ2v) is 8.03. The van der Waals surface area contributed by atoms with Crippen LogP contribution < -0.4 is 9.47 Å². The fourth-order valence-electron chi connectivity index (χ4n) is 4.83. The Morgan fingerprint density at radius 1 is 1.07 bits per heavy atom. The Balaban J connectivity index is 1.60. The minimum absolute atomic E-state index is 0.0315. The summed E-state index contributed by atoms with van der Waals surface area (Å²) in [6, 6.07) is 7.30. The molecule has 3 rings (SSSR count). The van der Waals surface area contributed by atoms with Gasteiger partial charge in [0.05, 0.1) is 19.1 Å². The number of ether oxygens (including phenoxy) is 3. The maximum atomic E-state index is 12.9. The van der Waals surface area contributed by atoms with Gasteiger partial charge in [0, 0.05) is 13.1 Å². The zero-order valence-corrected chi connectivity index (χ0v) is 17.7. The normalized spacial score (nSPS) is 19.4. The van der Waals surface area contributed by atoms with Gasteiger partial charge in [-0.2, -0.15) is 0 Å². The fraction of sp³-hybridized carbons (Fsp3) is 0.652. The lowest BCUT2D eigenvalue weighted by Gasteiger charge is -2.45. The standard InChI is InChI=1S/C23H33NO5/c1-3-28-22(26)23(18-9-5-4-6-10-18)13-15-24(16-14-23)21(25)17-29-20-12-8-7-11-19(20)27-2/h7-8,11-12,18H,3-6,9-10,13-17H2,1-2H3. The lowest BCUT2D eigenvalue weighted by Crippen LogP contribution is -2.51. The van der Waals surface area contributed by atoms with E-state index >= 15 is 0 Å². The molecule has 0 aromatic heterocycles. The predicted molar refractivity (Wildman–Crippen MR) is 110 cm³/mol. The number of methoxy groups -OCH3 is 1. The van der Waals surface area contributed by atoms with E-state index in [0.717, 1.165) is 12.8 Å². The molecule has 1 aromatic carbocycles. The summed E-state index contributed by atoms with van der Waals surface area (Å²) in [5.41, 5.74) is -0.434. The molecule has 0 atom stereocenters. The predicted octanol–water partition coefficient (Wildman–Crippen LogP) is 3.83. The third-order valence-electron chi connectivity index (χ3n) is 6.50. The van der Waals surface area contributed by atoms with E-state index in [1.165, 1.54) is 19.3 Å². The number of carbonyl (C=O) groups is 2. The lowest BCUT2D eigenvalue weighted by molar-refractivity contribution is -0.166. The number of hydrogen-bond donors (Lipinski definition) is 0. The van der Waals surface area contributed by atoms with Crippen molar-refractivity contribution in [2.75, 3.05) is 33.4 Å². The SMILES string of the molecule is CCOC(=O)C1(C2CCCCC2)CCN(C(=O)COc2ccccc2OC)CC1. The van der Waals surface area contributed by atoms with E-state index in [9.17, 15) is 9.59 Å². The molecule has 0 radical (unpaired) electrons. The monoisotopic (exact) mass is 403 g/mol. The highest BCUT2D eigenvalue weighted by molar-refractivity contribution is 5.80.